The number of nitrogens with one attached hydrogen (secondary N) is 1. The van der Waals surface area contributed by atoms with E-state index < -0.39 is 5.60 Å². The van der Waals surface area contributed by atoms with E-state index in [4.69, 9.17) is 9.47 Å². The molecule has 5 nitrogen and oxygen atoms in total. The Bertz CT molecular complexity index is 770. The molecule has 0 aliphatic heterocycles. The fourth-order valence-corrected chi connectivity index (χ4v) is 4.15. The van der Waals surface area contributed by atoms with Crippen LogP contribution in [0.1, 0.15) is 42.4 Å². The maximum absolute atomic E-state index is 11.1. The number of rotatable bonds is 9. The van der Waals surface area contributed by atoms with Gasteiger partial charge in [0.2, 0.25) is 0 Å². The largest absolute Gasteiger partial charge is 0.508 e. The molecule has 0 bridgehead atoms. The summed E-state index contributed by atoms with van der Waals surface area (Å²) in [6.07, 6.45) is 5.90. The number of hydrogen-bond acceptors (Lipinski definition) is 5. The first-order valence-corrected chi connectivity index (χ1v) is 10.5. The van der Waals surface area contributed by atoms with Crippen LogP contribution in [0.3, 0.4) is 0 Å². The molecule has 0 radical (unpaired) electrons. The van der Waals surface area contributed by atoms with Crippen LogP contribution in [0.15, 0.2) is 36.4 Å². The van der Waals surface area contributed by atoms with Crippen LogP contribution < -0.4 is 14.8 Å². The summed E-state index contributed by atoms with van der Waals surface area (Å²) >= 11 is 0. The molecule has 0 fully saturated rings. The number of benzene rings is 2. The molecule has 0 atom stereocenters. The second-order valence-electron chi connectivity index (χ2n) is 7.97. The average Bonchev–Trinajstić information content (AvgIpc) is 2.88. The van der Waals surface area contributed by atoms with E-state index in [-0.39, 0.29) is 0 Å². The lowest BCUT2D eigenvalue weighted by Gasteiger charge is -2.26. The zero-order valence-corrected chi connectivity index (χ0v) is 17.5. The lowest BCUT2D eigenvalue weighted by molar-refractivity contribution is 0.0155. The van der Waals surface area contributed by atoms with Crippen molar-refractivity contribution in [3.05, 3.63) is 53.1 Å². The van der Waals surface area contributed by atoms with Crippen LogP contribution in [0.5, 0.6) is 17.2 Å². The second-order valence-corrected chi connectivity index (χ2v) is 7.97. The van der Waals surface area contributed by atoms with Crippen LogP contribution in [0.25, 0.3) is 0 Å². The van der Waals surface area contributed by atoms with E-state index in [9.17, 15) is 10.2 Å². The Hall–Kier alpha value is -2.24. The van der Waals surface area contributed by atoms with Crippen LogP contribution in [0, 0.1) is 0 Å². The van der Waals surface area contributed by atoms with Crippen molar-refractivity contribution in [2.45, 2.75) is 50.5 Å². The Morgan fingerprint density at radius 2 is 1.62 bits per heavy atom. The van der Waals surface area contributed by atoms with Gasteiger partial charge in [0.05, 0.1) is 19.8 Å². The standard InChI is InChI=1S/C24H33NO4/c1-28-22-16-19-7-11-24(27,12-8-20(19)17-23(22)29-2)10-4-13-25-14-9-18-5-3-6-21(26)15-18/h3,5-6,15-17,25-27H,4,7-14H2,1-2H3. The lowest BCUT2D eigenvalue weighted by atomic mass is 9.89. The van der Waals surface area contributed by atoms with E-state index >= 15 is 0 Å². The predicted molar refractivity (Wildman–Crippen MR) is 115 cm³/mol. The Morgan fingerprint density at radius 1 is 0.966 bits per heavy atom. The van der Waals surface area contributed by atoms with Gasteiger partial charge < -0.3 is 25.0 Å². The van der Waals surface area contributed by atoms with Gasteiger partial charge in [0.1, 0.15) is 5.75 Å². The molecule has 2 aromatic carbocycles. The first kappa shape index (κ1) is 21.5. The molecule has 1 aliphatic rings. The van der Waals surface area contributed by atoms with Crippen molar-refractivity contribution in [2.24, 2.45) is 0 Å². The molecule has 0 unspecified atom stereocenters. The Labute approximate surface area is 173 Å². The van der Waals surface area contributed by atoms with E-state index in [2.05, 4.69) is 17.4 Å². The zero-order valence-electron chi connectivity index (χ0n) is 17.5. The van der Waals surface area contributed by atoms with E-state index in [1.165, 1.54) is 11.1 Å². The van der Waals surface area contributed by atoms with Gasteiger partial charge in [-0.15, -0.1) is 0 Å². The van der Waals surface area contributed by atoms with E-state index in [1.807, 2.05) is 12.1 Å². The molecule has 158 valence electrons. The number of hydrogen-bond donors (Lipinski definition) is 3. The highest BCUT2D eigenvalue weighted by atomic mass is 16.5. The number of phenols is 1. The normalized spacial score (nSPS) is 15.4. The van der Waals surface area contributed by atoms with Gasteiger partial charge in [-0.2, -0.15) is 0 Å². The number of phenolic OH excluding ortho intramolecular Hbond substituents is 1. The lowest BCUT2D eigenvalue weighted by Crippen LogP contribution is -2.30. The van der Waals surface area contributed by atoms with Crippen LogP contribution in [-0.4, -0.2) is 43.1 Å². The quantitative estimate of drug-likeness (QED) is 0.444. The van der Waals surface area contributed by atoms with Gasteiger partial charge in [0, 0.05) is 0 Å². The molecule has 0 spiro atoms. The maximum atomic E-state index is 11.1. The van der Waals surface area contributed by atoms with Crippen molar-refractivity contribution in [3.8, 4) is 17.2 Å². The van der Waals surface area contributed by atoms with Crippen molar-refractivity contribution in [2.75, 3.05) is 27.3 Å². The van der Waals surface area contributed by atoms with Gasteiger partial charge in [-0.1, -0.05) is 12.1 Å². The number of aliphatic hydroxyl groups is 1. The Kier molecular flexibility index (Phi) is 7.40. The number of methoxy groups -OCH3 is 2. The van der Waals surface area contributed by atoms with Crippen LogP contribution in [0.2, 0.25) is 0 Å². The van der Waals surface area contributed by atoms with Gasteiger partial charge in [0.15, 0.2) is 11.5 Å². The molecule has 1 aliphatic carbocycles. The van der Waals surface area contributed by atoms with Crippen LogP contribution in [-0.2, 0) is 19.3 Å². The summed E-state index contributed by atoms with van der Waals surface area (Å²) in [5.41, 5.74) is 3.01. The van der Waals surface area contributed by atoms with E-state index in [1.54, 1.807) is 26.4 Å². The SMILES string of the molecule is COc1cc2c(cc1OC)CCC(O)(CCCNCCc1cccc(O)c1)CC2. The molecule has 3 rings (SSSR count). The summed E-state index contributed by atoms with van der Waals surface area (Å²) in [7, 11) is 3.32. The first-order valence-electron chi connectivity index (χ1n) is 10.5. The fourth-order valence-electron chi connectivity index (χ4n) is 4.15. The van der Waals surface area contributed by atoms with Gasteiger partial charge in [-0.25, -0.2) is 0 Å². The number of ether oxygens (including phenoxy) is 2. The minimum atomic E-state index is -0.619. The smallest absolute Gasteiger partial charge is 0.161 e. The summed E-state index contributed by atoms with van der Waals surface area (Å²) in [5.74, 6) is 1.83. The highest BCUT2D eigenvalue weighted by Crippen LogP contribution is 2.37. The predicted octanol–water partition coefficient (Wildman–Crippen LogP) is 3.63. The Balaban J connectivity index is 1.44. The summed E-state index contributed by atoms with van der Waals surface area (Å²) in [5, 5.41) is 24.1. The molecule has 3 N–H and O–H groups in total. The number of fused-ring (bicyclic) bond motifs is 1. The maximum Gasteiger partial charge on any atom is 0.161 e. The Morgan fingerprint density at radius 3 is 2.21 bits per heavy atom. The highest BCUT2D eigenvalue weighted by molar-refractivity contribution is 5.48. The third-order valence-electron chi connectivity index (χ3n) is 5.92. The minimum absolute atomic E-state index is 0.314. The van der Waals surface area contributed by atoms with Gasteiger partial charge in [0.25, 0.3) is 0 Å². The third kappa shape index (κ3) is 5.87. The molecule has 5 heteroatoms. The molecule has 2 aromatic rings. The fraction of sp³-hybridized carbons (Fsp3) is 0.500. The monoisotopic (exact) mass is 399 g/mol. The minimum Gasteiger partial charge on any atom is -0.508 e. The van der Waals surface area contributed by atoms with Crippen LogP contribution >= 0.6 is 0 Å². The van der Waals surface area contributed by atoms with E-state index in [0.29, 0.717) is 5.75 Å². The van der Waals surface area contributed by atoms with Gasteiger partial charge in [-0.05, 0) is 99.0 Å². The van der Waals surface area contributed by atoms with Crippen molar-refractivity contribution in [1.82, 2.24) is 5.32 Å². The molecule has 0 aromatic heterocycles. The second kappa shape index (κ2) is 9.99. The molecule has 0 amide bonds. The van der Waals surface area contributed by atoms with Crippen molar-refractivity contribution in [3.63, 3.8) is 0 Å². The van der Waals surface area contributed by atoms with E-state index in [0.717, 1.165) is 75.1 Å². The summed E-state index contributed by atoms with van der Waals surface area (Å²) in [4.78, 5) is 0. The zero-order chi connectivity index (χ0) is 20.7. The van der Waals surface area contributed by atoms with Crippen LogP contribution in [0.4, 0.5) is 0 Å². The average molecular weight is 400 g/mol. The van der Waals surface area contributed by atoms with Gasteiger partial charge >= 0.3 is 0 Å². The van der Waals surface area contributed by atoms with Crippen molar-refractivity contribution in [1.29, 1.82) is 0 Å². The number of aromatic hydroxyl groups is 1. The molecule has 29 heavy (non-hydrogen) atoms. The summed E-state index contributed by atoms with van der Waals surface area (Å²) < 4.78 is 10.9. The van der Waals surface area contributed by atoms with Gasteiger partial charge in [-0.3, -0.25) is 0 Å². The highest BCUT2D eigenvalue weighted by Gasteiger charge is 2.29. The summed E-state index contributed by atoms with van der Waals surface area (Å²) in [6.45, 7) is 1.75. The molecule has 0 saturated heterocycles. The molecule has 0 saturated carbocycles. The van der Waals surface area contributed by atoms with Crippen molar-refractivity contribution >= 4 is 0 Å². The molecular formula is C24H33NO4. The summed E-state index contributed by atoms with van der Waals surface area (Å²) in [6, 6.07) is 11.5. The first-order chi connectivity index (χ1) is 14.0. The topological polar surface area (TPSA) is 71.0 Å². The third-order valence-corrected chi connectivity index (χ3v) is 5.92. The van der Waals surface area contributed by atoms with Crippen molar-refractivity contribution < 1.29 is 19.7 Å². The number of aryl methyl sites for hydroxylation is 2. The molecule has 0 heterocycles. The molecular weight excluding hydrogens is 366 g/mol.